The van der Waals surface area contributed by atoms with Gasteiger partial charge < -0.3 is 20.5 Å². The Balaban J connectivity index is 3.56. The predicted molar refractivity (Wildman–Crippen MR) is 58.6 cm³/mol. The average molecular weight is 218 g/mol. The van der Waals surface area contributed by atoms with Crippen LogP contribution in [0.1, 0.15) is 20.8 Å². The third kappa shape index (κ3) is 6.43. The second kappa shape index (κ2) is 6.76. The van der Waals surface area contributed by atoms with E-state index in [0.717, 1.165) is 0 Å². The van der Waals surface area contributed by atoms with Gasteiger partial charge in [0.25, 0.3) is 5.91 Å². The zero-order valence-corrected chi connectivity index (χ0v) is 9.96. The Labute approximate surface area is 91.2 Å². The smallest absolute Gasteiger partial charge is 0.251 e. The number of carbonyl (C=O) groups is 1. The maximum absolute atomic E-state index is 11.5. The summed E-state index contributed by atoms with van der Waals surface area (Å²) in [6.07, 6.45) is -0.365. The molecule has 1 atom stereocenters. The summed E-state index contributed by atoms with van der Waals surface area (Å²) in [6, 6.07) is 0. The van der Waals surface area contributed by atoms with Crippen molar-refractivity contribution in [2.75, 3.05) is 26.7 Å². The van der Waals surface area contributed by atoms with Gasteiger partial charge >= 0.3 is 0 Å². The Bertz CT molecular complexity index is 193. The van der Waals surface area contributed by atoms with Gasteiger partial charge in [0.2, 0.25) is 0 Å². The van der Waals surface area contributed by atoms with E-state index < -0.39 is 5.60 Å². The first-order valence-electron chi connectivity index (χ1n) is 5.12. The van der Waals surface area contributed by atoms with Gasteiger partial charge in [-0.15, -0.1) is 0 Å². The van der Waals surface area contributed by atoms with Gasteiger partial charge in [-0.1, -0.05) is 0 Å². The van der Waals surface area contributed by atoms with E-state index in [1.807, 2.05) is 0 Å². The van der Waals surface area contributed by atoms with Crippen molar-refractivity contribution in [3.63, 3.8) is 0 Å². The summed E-state index contributed by atoms with van der Waals surface area (Å²) in [7, 11) is 1.51. The summed E-state index contributed by atoms with van der Waals surface area (Å²) in [5.74, 6) is -0.135. The molecule has 3 N–H and O–H groups in total. The lowest BCUT2D eigenvalue weighted by atomic mass is 10.1. The van der Waals surface area contributed by atoms with Crippen molar-refractivity contribution in [1.82, 2.24) is 10.6 Å². The summed E-state index contributed by atoms with van der Waals surface area (Å²) < 4.78 is 5.02. The van der Waals surface area contributed by atoms with E-state index in [2.05, 4.69) is 10.6 Å². The van der Waals surface area contributed by atoms with Crippen LogP contribution in [-0.2, 0) is 9.53 Å². The van der Waals surface area contributed by atoms with Crippen molar-refractivity contribution in [1.29, 1.82) is 0 Å². The highest BCUT2D eigenvalue weighted by Gasteiger charge is 2.25. The number of ether oxygens (including phenoxy) is 1. The number of amides is 1. The average Bonchev–Trinajstić information content (AvgIpc) is 2.16. The van der Waals surface area contributed by atoms with Gasteiger partial charge in [-0.2, -0.15) is 0 Å². The normalized spacial score (nSPS) is 13.7. The van der Waals surface area contributed by atoms with E-state index in [1.165, 1.54) is 7.11 Å². The quantitative estimate of drug-likeness (QED) is 0.504. The molecular formula is C10H22N2O3. The van der Waals surface area contributed by atoms with E-state index in [1.54, 1.807) is 20.8 Å². The molecule has 0 aliphatic rings. The maximum Gasteiger partial charge on any atom is 0.251 e. The van der Waals surface area contributed by atoms with Crippen LogP contribution in [0.2, 0.25) is 0 Å². The van der Waals surface area contributed by atoms with E-state index in [-0.39, 0.29) is 12.0 Å². The summed E-state index contributed by atoms with van der Waals surface area (Å²) in [5.41, 5.74) is -0.787. The van der Waals surface area contributed by atoms with Crippen LogP contribution in [0, 0.1) is 0 Å². The molecule has 0 aromatic rings. The highest BCUT2D eigenvalue weighted by molar-refractivity contribution is 5.84. The van der Waals surface area contributed by atoms with E-state index in [9.17, 15) is 4.79 Å². The van der Waals surface area contributed by atoms with Gasteiger partial charge in [-0.25, -0.2) is 0 Å². The second-order valence-corrected chi connectivity index (χ2v) is 4.02. The minimum absolute atomic E-state index is 0.135. The van der Waals surface area contributed by atoms with Crippen molar-refractivity contribution in [2.45, 2.75) is 32.5 Å². The van der Waals surface area contributed by atoms with Crippen LogP contribution in [0.3, 0.4) is 0 Å². The lowest BCUT2D eigenvalue weighted by molar-refractivity contribution is -0.139. The number of aliphatic hydroxyl groups excluding tert-OH is 1. The number of hydrogen-bond donors (Lipinski definition) is 3. The largest absolute Gasteiger partial charge is 0.392 e. The highest BCUT2D eigenvalue weighted by atomic mass is 16.5. The monoisotopic (exact) mass is 218 g/mol. The van der Waals surface area contributed by atoms with Crippen molar-refractivity contribution < 1.29 is 14.6 Å². The lowest BCUT2D eigenvalue weighted by Crippen LogP contribution is -2.45. The van der Waals surface area contributed by atoms with Gasteiger partial charge in [0, 0.05) is 26.7 Å². The molecule has 0 saturated heterocycles. The first kappa shape index (κ1) is 14.3. The number of hydrogen-bond acceptors (Lipinski definition) is 4. The predicted octanol–water partition coefficient (Wildman–Crippen LogP) is -0.502. The molecule has 1 unspecified atom stereocenters. The minimum Gasteiger partial charge on any atom is -0.392 e. The van der Waals surface area contributed by atoms with Crippen LogP contribution in [0.4, 0.5) is 0 Å². The van der Waals surface area contributed by atoms with Crippen molar-refractivity contribution >= 4 is 5.91 Å². The summed E-state index contributed by atoms with van der Waals surface area (Å²) in [4.78, 5) is 11.5. The molecule has 0 saturated carbocycles. The highest BCUT2D eigenvalue weighted by Crippen LogP contribution is 2.06. The Kier molecular flexibility index (Phi) is 6.47. The van der Waals surface area contributed by atoms with Crippen LogP contribution in [0.15, 0.2) is 0 Å². The van der Waals surface area contributed by atoms with Gasteiger partial charge in [-0.3, -0.25) is 4.79 Å². The molecule has 0 heterocycles. The van der Waals surface area contributed by atoms with Gasteiger partial charge in [0.15, 0.2) is 0 Å². The molecule has 5 heteroatoms. The van der Waals surface area contributed by atoms with E-state index in [4.69, 9.17) is 9.84 Å². The molecule has 90 valence electrons. The van der Waals surface area contributed by atoms with Crippen LogP contribution in [0.5, 0.6) is 0 Å². The third-order valence-electron chi connectivity index (χ3n) is 2.08. The standard InChI is InChI=1S/C10H22N2O3/c1-8(13)7-11-5-6-12-9(14)10(2,3)15-4/h8,11,13H,5-7H2,1-4H3,(H,12,14). The van der Waals surface area contributed by atoms with Crippen molar-refractivity contribution in [3.8, 4) is 0 Å². The lowest BCUT2D eigenvalue weighted by Gasteiger charge is -2.21. The number of carbonyl (C=O) groups excluding carboxylic acids is 1. The van der Waals surface area contributed by atoms with E-state index >= 15 is 0 Å². The Morgan fingerprint density at radius 2 is 2.07 bits per heavy atom. The van der Waals surface area contributed by atoms with Crippen LogP contribution in [-0.4, -0.2) is 49.5 Å². The molecule has 0 bridgehead atoms. The fraction of sp³-hybridized carbons (Fsp3) is 0.900. The summed E-state index contributed by atoms with van der Waals surface area (Å²) in [5, 5.41) is 14.7. The zero-order chi connectivity index (χ0) is 11.9. The molecule has 5 nitrogen and oxygen atoms in total. The third-order valence-corrected chi connectivity index (χ3v) is 2.08. The number of nitrogens with one attached hydrogen (secondary N) is 2. The molecule has 0 aromatic heterocycles. The zero-order valence-electron chi connectivity index (χ0n) is 9.96. The van der Waals surface area contributed by atoms with Crippen molar-refractivity contribution in [2.24, 2.45) is 0 Å². The number of aliphatic hydroxyl groups is 1. The number of rotatable bonds is 7. The first-order valence-corrected chi connectivity index (χ1v) is 5.12. The molecule has 0 aromatic carbocycles. The molecule has 15 heavy (non-hydrogen) atoms. The van der Waals surface area contributed by atoms with Crippen molar-refractivity contribution in [3.05, 3.63) is 0 Å². The Hall–Kier alpha value is -0.650. The molecule has 0 spiro atoms. The minimum atomic E-state index is -0.787. The fourth-order valence-electron chi connectivity index (χ4n) is 0.881. The maximum atomic E-state index is 11.5. The van der Waals surface area contributed by atoms with Crippen LogP contribution >= 0.6 is 0 Å². The molecule has 0 radical (unpaired) electrons. The van der Waals surface area contributed by atoms with Crippen LogP contribution in [0.25, 0.3) is 0 Å². The van der Waals surface area contributed by atoms with Crippen LogP contribution < -0.4 is 10.6 Å². The fourth-order valence-corrected chi connectivity index (χ4v) is 0.881. The topological polar surface area (TPSA) is 70.6 Å². The number of methoxy groups -OCH3 is 1. The molecule has 0 aliphatic carbocycles. The molecular weight excluding hydrogens is 196 g/mol. The summed E-state index contributed by atoms with van der Waals surface area (Å²) >= 11 is 0. The van der Waals surface area contributed by atoms with Gasteiger partial charge in [0.1, 0.15) is 5.60 Å². The van der Waals surface area contributed by atoms with E-state index in [0.29, 0.717) is 19.6 Å². The summed E-state index contributed by atoms with van der Waals surface area (Å²) in [6.45, 7) is 6.83. The first-order chi connectivity index (χ1) is 6.90. The van der Waals surface area contributed by atoms with Gasteiger partial charge in [0.05, 0.1) is 6.10 Å². The molecule has 0 aliphatic heterocycles. The molecule has 0 rings (SSSR count). The molecule has 1 amide bonds. The Morgan fingerprint density at radius 3 is 2.53 bits per heavy atom. The van der Waals surface area contributed by atoms with Gasteiger partial charge in [-0.05, 0) is 20.8 Å². The second-order valence-electron chi connectivity index (χ2n) is 4.02. The molecule has 0 fully saturated rings. The Morgan fingerprint density at radius 1 is 1.47 bits per heavy atom. The SMILES string of the molecule is COC(C)(C)C(=O)NCCNCC(C)O.